The number of hydrogen-bond acceptors (Lipinski definition) is 3. The van der Waals surface area contributed by atoms with Gasteiger partial charge in [-0.15, -0.1) is 0 Å². The number of carboxylic acids is 1. The van der Waals surface area contributed by atoms with Crippen molar-refractivity contribution in [2.24, 2.45) is 10.8 Å². The van der Waals surface area contributed by atoms with Gasteiger partial charge in [0.1, 0.15) is 5.75 Å². The lowest BCUT2D eigenvalue weighted by atomic mass is 9.78. The molecule has 0 aromatic heterocycles. The molecule has 2 fully saturated rings. The van der Waals surface area contributed by atoms with Crippen molar-refractivity contribution in [3.05, 3.63) is 28.8 Å². The molecule has 31 heavy (non-hydrogen) atoms. The highest BCUT2D eigenvalue weighted by Gasteiger charge is 2.50. The molecule has 0 amide bonds. The van der Waals surface area contributed by atoms with E-state index in [4.69, 9.17) is 9.84 Å². The van der Waals surface area contributed by atoms with Crippen LogP contribution < -0.4 is 4.74 Å². The van der Waals surface area contributed by atoms with Gasteiger partial charge in [0, 0.05) is 11.1 Å². The lowest BCUT2D eigenvalue weighted by molar-refractivity contribution is -0.143. The van der Waals surface area contributed by atoms with E-state index in [9.17, 15) is 9.59 Å². The van der Waals surface area contributed by atoms with E-state index in [1.165, 1.54) is 5.56 Å². The molecular formula is C27H42O4. The molecule has 1 N–H and O–H groups in total. The Bertz CT molecular complexity index is 793. The van der Waals surface area contributed by atoms with E-state index in [2.05, 4.69) is 67.5 Å². The van der Waals surface area contributed by atoms with Gasteiger partial charge in [-0.25, -0.2) is 0 Å². The molecular weight excluding hydrogens is 388 g/mol. The maximum atomic E-state index is 12.7. The Morgan fingerprint density at radius 1 is 0.871 bits per heavy atom. The molecule has 0 saturated heterocycles. The average molecular weight is 431 g/mol. The second-order valence-electron chi connectivity index (χ2n) is 11.7. The number of benzene rings is 1. The fourth-order valence-electron chi connectivity index (χ4n) is 3.92. The van der Waals surface area contributed by atoms with Crippen LogP contribution in [-0.4, -0.2) is 17.0 Å². The number of carboxylic acid groups (broad SMARTS) is 1. The Labute approximate surface area is 188 Å². The van der Waals surface area contributed by atoms with Crippen LogP contribution in [0, 0.1) is 17.8 Å². The van der Waals surface area contributed by atoms with Crippen LogP contribution in [0.1, 0.15) is 111 Å². The highest BCUT2D eigenvalue weighted by Crippen LogP contribution is 2.51. The summed E-state index contributed by atoms with van der Waals surface area (Å²) in [7, 11) is 0. The first-order valence-electron chi connectivity index (χ1n) is 11.7. The number of rotatable bonds is 5. The number of carbonyl (C=O) groups is 2. The lowest BCUT2D eigenvalue weighted by Gasteiger charge is -2.30. The Morgan fingerprint density at radius 3 is 1.48 bits per heavy atom. The van der Waals surface area contributed by atoms with E-state index >= 15 is 0 Å². The molecule has 1 aromatic rings. The van der Waals surface area contributed by atoms with Gasteiger partial charge in [0.15, 0.2) is 0 Å². The SMILES string of the molecule is CCC1(C(=O)O)CC1.CCC1(C(=O)Oc2c(C(C)(C)C)cc(C)cc2C(C)(C)C)CC1. The highest BCUT2D eigenvalue weighted by atomic mass is 16.5. The van der Waals surface area contributed by atoms with E-state index in [-0.39, 0.29) is 27.6 Å². The molecule has 3 rings (SSSR count). The summed E-state index contributed by atoms with van der Waals surface area (Å²) in [5.74, 6) is 0.139. The van der Waals surface area contributed by atoms with Gasteiger partial charge >= 0.3 is 11.9 Å². The standard InChI is InChI=1S/C21H32O2.C6H10O2/c1-9-21(10-11-21)18(22)23-17-15(19(3,4)5)12-14(2)13-16(17)20(6,7)8;1-2-6(3-4-6)5(7)8/h12-13H,9-11H2,1-8H3;2-4H2,1H3,(H,7,8). The average Bonchev–Trinajstić information content (AvgIpc) is 3.55. The number of esters is 1. The van der Waals surface area contributed by atoms with Gasteiger partial charge in [-0.2, -0.15) is 0 Å². The third kappa shape index (κ3) is 5.70. The molecule has 0 spiro atoms. The van der Waals surface area contributed by atoms with Crippen LogP contribution in [-0.2, 0) is 20.4 Å². The predicted molar refractivity (Wildman–Crippen MR) is 126 cm³/mol. The van der Waals surface area contributed by atoms with Crippen LogP contribution in [0.3, 0.4) is 0 Å². The van der Waals surface area contributed by atoms with Crippen LogP contribution >= 0.6 is 0 Å². The molecule has 2 aliphatic carbocycles. The second kappa shape index (κ2) is 8.60. The van der Waals surface area contributed by atoms with Crippen molar-refractivity contribution in [3.63, 3.8) is 0 Å². The number of ether oxygens (including phenoxy) is 1. The third-order valence-corrected chi connectivity index (χ3v) is 6.99. The molecule has 4 nitrogen and oxygen atoms in total. The molecule has 0 aliphatic heterocycles. The first-order valence-corrected chi connectivity index (χ1v) is 11.7. The first-order chi connectivity index (χ1) is 14.1. The molecule has 0 unspecified atom stereocenters. The summed E-state index contributed by atoms with van der Waals surface area (Å²) in [6, 6.07) is 4.34. The number of hydrogen-bond donors (Lipinski definition) is 1. The van der Waals surface area contributed by atoms with Gasteiger partial charge in [-0.3, -0.25) is 9.59 Å². The van der Waals surface area contributed by atoms with Gasteiger partial charge in [0.2, 0.25) is 0 Å². The summed E-state index contributed by atoms with van der Waals surface area (Å²) in [5.41, 5.74) is 2.83. The summed E-state index contributed by atoms with van der Waals surface area (Å²) in [6.45, 7) is 19.2. The van der Waals surface area contributed by atoms with Crippen molar-refractivity contribution in [1.82, 2.24) is 0 Å². The summed E-state index contributed by atoms with van der Waals surface area (Å²) < 4.78 is 6.06. The zero-order valence-electron chi connectivity index (χ0n) is 21.1. The predicted octanol–water partition coefficient (Wildman–Crippen LogP) is 6.95. The molecule has 1 aromatic carbocycles. The third-order valence-electron chi connectivity index (χ3n) is 6.99. The fraction of sp³-hybridized carbons (Fsp3) is 0.704. The van der Waals surface area contributed by atoms with Crippen LogP contribution in [0.15, 0.2) is 12.1 Å². The molecule has 2 saturated carbocycles. The van der Waals surface area contributed by atoms with Gasteiger partial charge in [-0.1, -0.05) is 73.1 Å². The van der Waals surface area contributed by atoms with Crippen molar-refractivity contribution in [2.45, 2.75) is 112 Å². The Morgan fingerprint density at radius 2 is 1.26 bits per heavy atom. The monoisotopic (exact) mass is 430 g/mol. The van der Waals surface area contributed by atoms with Gasteiger partial charge in [-0.05, 0) is 56.3 Å². The number of aliphatic carboxylic acids is 1. The first kappa shape index (κ1) is 25.4. The van der Waals surface area contributed by atoms with Crippen LogP contribution in [0.2, 0.25) is 0 Å². The van der Waals surface area contributed by atoms with Crippen molar-refractivity contribution in [3.8, 4) is 5.75 Å². The van der Waals surface area contributed by atoms with Crippen molar-refractivity contribution in [1.29, 1.82) is 0 Å². The van der Waals surface area contributed by atoms with Crippen molar-refractivity contribution in [2.75, 3.05) is 0 Å². The Hall–Kier alpha value is -1.84. The maximum Gasteiger partial charge on any atom is 0.317 e. The quantitative estimate of drug-likeness (QED) is 0.405. The van der Waals surface area contributed by atoms with Gasteiger partial charge in [0.25, 0.3) is 0 Å². The van der Waals surface area contributed by atoms with E-state index in [1.54, 1.807) is 0 Å². The molecule has 0 radical (unpaired) electrons. The molecule has 174 valence electrons. The van der Waals surface area contributed by atoms with Crippen molar-refractivity contribution < 1.29 is 19.4 Å². The second-order valence-corrected chi connectivity index (χ2v) is 11.7. The minimum Gasteiger partial charge on any atom is -0.481 e. The highest BCUT2D eigenvalue weighted by molar-refractivity contribution is 5.82. The smallest absolute Gasteiger partial charge is 0.317 e. The van der Waals surface area contributed by atoms with Crippen LogP contribution in [0.5, 0.6) is 5.75 Å². The molecule has 2 aliphatic rings. The Balaban J connectivity index is 0.000000357. The van der Waals surface area contributed by atoms with E-state index in [0.29, 0.717) is 0 Å². The van der Waals surface area contributed by atoms with E-state index < -0.39 is 5.97 Å². The molecule has 0 atom stereocenters. The zero-order chi connectivity index (χ0) is 23.8. The molecule has 0 heterocycles. The lowest BCUT2D eigenvalue weighted by Crippen LogP contribution is -2.26. The minimum absolute atomic E-state index is 0.0418. The summed E-state index contributed by atoms with van der Waals surface area (Å²) in [5, 5.41) is 8.50. The fourth-order valence-corrected chi connectivity index (χ4v) is 3.92. The van der Waals surface area contributed by atoms with E-state index in [1.807, 2.05) is 6.92 Å². The largest absolute Gasteiger partial charge is 0.481 e. The maximum absolute atomic E-state index is 12.7. The van der Waals surface area contributed by atoms with Crippen LogP contribution in [0.25, 0.3) is 0 Å². The zero-order valence-corrected chi connectivity index (χ0v) is 21.1. The molecule has 4 heteroatoms. The topological polar surface area (TPSA) is 63.6 Å². The van der Waals surface area contributed by atoms with Crippen molar-refractivity contribution >= 4 is 11.9 Å². The summed E-state index contributed by atoms with van der Waals surface area (Å²) >= 11 is 0. The van der Waals surface area contributed by atoms with Gasteiger partial charge in [0.05, 0.1) is 10.8 Å². The summed E-state index contributed by atoms with van der Waals surface area (Å²) in [4.78, 5) is 23.1. The Kier molecular flexibility index (Phi) is 7.05. The minimum atomic E-state index is -0.611. The molecule has 0 bridgehead atoms. The van der Waals surface area contributed by atoms with Crippen LogP contribution in [0.4, 0.5) is 0 Å². The van der Waals surface area contributed by atoms with Gasteiger partial charge < -0.3 is 9.84 Å². The normalized spacial score (nSPS) is 18.5. The van der Waals surface area contributed by atoms with E-state index in [0.717, 1.165) is 55.4 Å². The number of aryl methyl sites for hydroxylation is 1. The summed E-state index contributed by atoms with van der Waals surface area (Å²) in [6.07, 6.45) is 5.36. The number of carbonyl (C=O) groups excluding carboxylic acids is 1.